The SMILES string of the molecule is Cc1ccc(S[C@H](C)C(=O)N/N=C\c2ccc(OCC(=O)NC(C)C)cc2)cc1. The molecule has 0 aliphatic carbocycles. The molecule has 1 atom stereocenters. The maximum absolute atomic E-state index is 12.2. The van der Waals surface area contributed by atoms with E-state index in [0.29, 0.717) is 5.75 Å². The average Bonchev–Trinajstić information content (AvgIpc) is 2.68. The monoisotopic (exact) mass is 413 g/mol. The molecule has 0 aliphatic heterocycles. The van der Waals surface area contributed by atoms with Crippen LogP contribution in [0.1, 0.15) is 31.9 Å². The van der Waals surface area contributed by atoms with E-state index >= 15 is 0 Å². The number of nitrogens with zero attached hydrogens (tertiary/aromatic N) is 1. The second-order valence-corrected chi connectivity index (χ2v) is 8.30. The van der Waals surface area contributed by atoms with Gasteiger partial charge in [-0.3, -0.25) is 9.59 Å². The van der Waals surface area contributed by atoms with Crippen LogP contribution in [0.5, 0.6) is 5.75 Å². The maximum atomic E-state index is 12.2. The third-order valence-corrected chi connectivity index (χ3v) is 4.90. The van der Waals surface area contributed by atoms with Crippen molar-refractivity contribution < 1.29 is 14.3 Å². The Morgan fingerprint density at radius 1 is 1.07 bits per heavy atom. The van der Waals surface area contributed by atoms with Gasteiger partial charge >= 0.3 is 0 Å². The minimum Gasteiger partial charge on any atom is -0.484 e. The van der Waals surface area contributed by atoms with Crippen LogP contribution in [0.3, 0.4) is 0 Å². The van der Waals surface area contributed by atoms with Crippen LogP contribution in [-0.4, -0.2) is 35.9 Å². The molecule has 0 saturated carbocycles. The number of benzene rings is 2. The minimum absolute atomic E-state index is 0.0296. The van der Waals surface area contributed by atoms with E-state index in [-0.39, 0.29) is 29.7 Å². The number of hydrogen-bond acceptors (Lipinski definition) is 5. The van der Waals surface area contributed by atoms with Gasteiger partial charge in [0.05, 0.1) is 11.5 Å². The van der Waals surface area contributed by atoms with Crippen molar-refractivity contribution in [2.45, 2.75) is 43.9 Å². The number of thioether (sulfide) groups is 1. The van der Waals surface area contributed by atoms with E-state index in [2.05, 4.69) is 15.8 Å². The van der Waals surface area contributed by atoms with Crippen molar-refractivity contribution in [3.05, 3.63) is 59.7 Å². The van der Waals surface area contributed by atoms with Gasteiger partial charge in [-0.15, -0.1) is 11.8 Å². The van der Waals surface area contributed by atoms with Crippen molar-refractivity contribution in [1.82, 2.24) is 10.7 Å². The molecular weight excluding hydrogens is 386 g/mol. The number of hydrogen-bond donors (Lipinski definition) is 2. The van der Waals surface area contributed by atoms with Gasteiger partial charge in [0.25, 0.3) is 11.8 Å². The van der Waals surface area contributed by atoms with Gasteiger partial charge in [0.15, 0.2) is 6.61 Å². The van der Waals surface area contributed by atoms with Crippen LogP contribution in [0.25, 0.3) is 0 Å². The lowest BCUT2D eigenvalue weighted by molar-refractivity contribution is -0.123. The molecule has 2 aromatic carbocycles. The predicted molar refractivity (Wildman–Crippen MR) is 117 cm³/mol. The van der Waals surface area contributed by atoms with Crippen LogP contribution in [-0.2, 0) is 9.59 Å². The Bertz CT molecular complexity index is 833. The third-order valence-electron chi connectivity index (χ3n) is 3.79. The van der Waals surface area contributed by atoms with Gasteiger partial charge in [0.1, 0.15) is 5.75 Å². The van der Waals surface area contributed by atoms with Gasteiger partial charge < -0.3 is 10.1 Å². The highest BCUT2D eigenvalue weighted by atomic mass is 32.2. The number of aryl methyl sites for hydroxylation is 1. The number of carbonyl (C=O) groups excluding carboxylic acids is 2. The number of rotatable bonds is 9. The highest BCUT2D eigenvalue weighted by Gasteiger charge is 2.13. The Hall–Kier alpha value is -2.80. The number of carbonyl (C=O) groups is 2. The standard InChI is InChI=1S/C22H27N3O3S/c1-15(2)24-21(26)14-28-19-9-7-18(8-10-19)13-23-25-22(27)17(4)29-20-11-5-16(3)6-12-20/h5-13,15,17H,14H2,1-4H3,(H,24,26)(H,25,27)/b23-13-/t17-/m1/s1. The van der Waals surface area contributed by atoms with Crippen LogP contribution in [0.4, 0.5) is 0 Å². The largest absolute Gasteiger partial charge is 0.484 e. The highest BCUT2D eigenvalue weighted by Crippen LogP contribution is 2.23. The Morgan fingerprint density at radius 2 is 1.72 bits per heavy atom. The van der Waals surface area contributed by atoms with Crippen molar-refractivity contribution in [3.8, 4) is 5.75 Å². The van der Waals surface area contributed by atoms with Crippen LogP contribution < -0.4 is 15.5 Å². The zero-order chi connectivity index (χ0) is 21.2. The summed E-state index contributed by atoms with van der Waals surface area (Å²) >= 11 is 1.48. The molecule has 0 radical (unpaired) electrons. The zero-order valence-electron chi connectivity index (χ0n) is 17.1. The smallest absolute Gasteiger partial charge is 0.258 e. The van der Waals surface area contributed by atoms with E-state index in [1.165, 1.54) is 17.3 Å². The van der Waals surface area contributed by atoms with Crippen LogP contribution in [0.15, 0.2) is 58.5 Å². The van der Waals surface area contributed by atoms with E-state index in [1.807, 2.05) is 52.0 Å². The lowest BCUT2D eigenvalue weighted by Crippen LogP contribution is -2.34. The van der Waals surface area contributed by atoms with Crippen molar-refractivity contribution in [2.75, 3.05) is 6.61 Å². The fourth-order valence-electron chi connectivity index (χ4n) is 2.30. The number of ether oxygens (including phenoxy) is 1. The summed E-state index contributed by atoms with van der Waals surface area (Å²) in [6, 6.07) is 15.2. The molecule has 2 aromatic rings. The lowest BCUT2D eigenvalue weighted by Gasteiger charge is -2.10. The topological polar surface area (TPSA) is 79.8 Å². The maximum Gasteiger partial charge on any atom is 0.258 e. The van der Waals surface area contributed by atoms with Gasteiger partial charge in [-0.2, -0.15) is 5.10 Å². The lowest BCUT2D eigenvalue weighted by atomic mass is 10.2. The molecule has 0 aliphatic rings. The summed E-state index contributed by atoms with van der Waals surface area (Å²) in [6.07, 6.45) is 1.57. The van der Waals surface area contributed by atoms with Crippen LogP contribution in [0.2, 0.25) is 0 Å². The van der Waals surface area contributed by atoms with E-state index in [0.717, 1.165) is 10.5 Å². The Balaban J connectivity index is 1.78. The molecular formula is C22H27N3O3S. The van der Waals surface area contributed by atoms with Crippen molar-refractivity contribution in [3.63, 3.8) is 0 Å². The molecule has 2 N–H and O–H groups in total. The van der Waals surface area contributed by atoms with Crippen LogP contribution >= 0.6 is 11.8 Å². The first-order valence-corrected chi connectivity index (χ1v) is 10.3. The average molecular weight is 414 g/mol. The molecule has 0 fully saturated rings. The molecule has 2 amide bonds. The number of nitrogens with one attached hydrogen (secondary N) is 2. The molecule has 29 heavy (non-hydrogen) atoms. The van der Waals surface area contributed by atoms with E-state index in [4.69, 9.17) is 4.74 Å². The summed E-state index contributed by atoms with van der Waals surface area (Å²) in [4.78, 5) is 24.8. The number of amides is 2. The predicted octanol–water partition coefficient (Wildman–Crippen LogP) is 3.53. The van der Waals surface area contributed by atoms with E-state index in [9.17, 15) is 9.59 Å². The first-order valence-electron chi connectivity index (χ1n) is 9.42. The third kappa shape index (κ3) is 8.39. The van der Waals surface area contributed by atoms with Crippen LogP contribution in [0, 0.1) is 6.92 Å². The molecule has 6 nitrogen and oxygen atoms in total. The van der Waals surface area contributed by atoms with Gasteiger partial charge in [-0.25, -0.2) is 5.43 Å². The molecule has 2 rings (SSSR count). The van der Waals surface area contributed by atoms with Gasteiger partial charge in [0, 0.05) is 10.9 Å². The minimum atomic E-state index is -0.261. The quantitative estimate of drug-likeness (QED) is 0.374. The van der Waals surface area contributed by atoms with Gasteiger partial charge in [-0.05, 0) is 69.7 Å². The zero-order valence-corrected chi connectivity index (χ0v) is 18.0. The number of hydrazone groups is 1. The molecule has 0 saturated heterocycles. The van der Waals surface area contributed by atoms with E-state index in [1.54, 1.807) is 30.5 Å². The van der Waals surface area contributed by atoms with Gasteiger partial charge in [0.2, 0.25) is 0 Å². The normalized spacial score (nSPS) is 12.0. The first-order chi connectivity index (χ1) is 13.8. The molecule has 154 valence electrons. The molecule has 0 bridgehead atoms. The molecule has 0 aromatic heterocycles. The van der Waals surface area contributed by atoms with Crippen molar-refractivity contribution >= 4 is 29.8 Å². The summed E-state index contributed by atoms with van der Waals surface area (Å²) in [7, 11) is 0. The Morgan fingerprint density at radius 3 is 2.34 bits per heavy atom. The van der Waals surface area contributed by atoms with Gasteiger partial charge in [-0.1, -0.05) is 17.7 Å². The van der Waals surface area contributed by atoms with Crippen molar-refractivity contribution in [1.29, 1.82) is 0 Å². The fourth-order valence-corrected chi connectivity index (χ4v) is 3.16. The summed E-state index contributed by atoms with van der Waals surface area (Å²) in [6.45, 7) is 7.64. The second kappa shape index (κ2) is 11.3. The highest BCUT2D eigenvalue weighted by molar-refractivity contribution is 8.00. The molecule has 7 heteroatoms. The Labute approximate surface area is 176 Å². The second-order valence-electron chi connectivity index (χ2n) is 6.89. The van der Waals surface area contributed by atoms with Crippen molar-refractivity contribution in [2.24, 2.45) is 5.10 Å². The fraction of sp³-hybridized carbons (Fsp3) is 0.318. The molecule has 0 spiro atoms. The summed E-state index contributed by atoms with van der Waals surface area (Å²) in [5.74, 6) is 0.266. The Kier molecular flexibility index (Phi) is 8.73. The molecule has 0 heterocycles. The molecule has 0 unspecified atom stereocenters. The first kappa shape index (κ1) is 22.5. The summed E-state index contributed by atoms with van der Waals surface area (Å²) < 4.78 is 5.43. The summed E-state index contributed by atoms with van der Waals surface area (Å²) in [5.41, 5.74) is 4.56. The summed E-state index contributed by atoms with van der Waals surface area (Å²) in [5, 5.41) is 6.51. The van der Waals surface area contributed by atoms with E-state index < -0.39 is 0 Å².